The lowest BCUT2D eigenvalue weighted by Crippen LogP contribution is -2.50. The Morgan fingerprint density at radius 3 is 2.87 bits per heavy atom. The summed E-state index contributed by atoms with van der Waals surface area (Å²) < 4.78 is 25.2. The lowest BCUT2D eigenvalue weighted by Gasteiger charge is -2.39. The van der Waals surface area contributed by atoms with Gasteiger partial charge in [-0.3, -0.25) is 0 Å². The van der Waals surface area contributed by atoms with E-state index in [1.165, 1.54) is 19.5 Å². The third-order valence-electron chi connectivity index (χ3n) is 5.51. The van der Waals surface area contributed by atoms with Gasteiger partial charge in [0.2, 0.25) is 0 Å². The van der Waals surface area contributed by atoms with Crippen LogP contribution in [0.3, 0.4) is 0 Å². The van der Waals surface area contributed by atoms with Crippen molar-refractivity contribution in [3.8, 4) is 38.9 Å². The van der Waals surface area contributed by atoms with E-state index in [1.807, 2.05) is 7.05 Å². The van der Waals surface area contributed by atoms with Crippen LogP contribution in [0.5, 0.6) is 17.0 Å². The van der Waals surface area contributed by atoms with Gasteiger partial charge in [-0.05, 0) is 38.9 Å². The summed E-state index contributed by atoms with van der Waals surface area (Å²) in [7, 11) is 3.34. The maximum Gasteiger partial charge on any atom is 0.319 e. The largest absolute Gasteiger partial charge is 0.507 e. The third kappa shape index (κ3) is 4.57. The molecule has 1 aliphatic carbocycles. The van der Waals surface area contributed by atoms with Gasteiger partial charge in [-0.15, -0.1) is 5.10 Å². The van der Waals surface area contributed by atoms with Crippen LogP contribution >= 0.6 is 11.3 Å². The van der Waals surface area contributed by atoms with Gasteiger partial charge in [-0.25, -0.2) is 9.37 Å². The lowest BCUT2D eigenvalue weighted by atomic mass is 9.81. The van der Waals surface area contributed by atoms with Gasteiger partial charge in [0.25, 0.3) is 5.19 Å². The summed E-state index contributed by atoms with van der Waals surface area (Å²) in [5.74, 6) is 0.359. The van der Waals surface area contributed by atoms with Crippen LogP contribution in [0.4, 0.5) is 4.39 Å². The van der Waals surface area contributed by atoms with E-state index < -0.39 is 12.3 Å². The Morgan fingerprint density at radius 2 is 2.13 bits per heavy atom. The smallest absolute Gasteiger partial charge is 0.319 e. The number of hydrogen-bond acceptors (Lipinski definition) is 10. The molecule has 164 valence electrons. The number of halogens is 1. The van der Waals surface area contributed by atoms with Gasteiger partial charge in [0.1, 0.15) is 24.4 Å². The molecule has 0 saturated heterocycles. The van der Waals surface area contributed by atoms with Gasteiger partial charge in [-0.2, -0.15) is 9.97 Å². The van der Waals surface area contributed by atoms with Crippen molar-refractivity contribution in [3.05, 3.63) is 24.5 Å². The number of rotatable bonds is 6. The molecule has 1 unspecified atom stereocenters. The second kappa shape index (κ2) is 8.67. The number of hydrogen-bond donors (Lipinski definition) is 2. The molecule has 11 heteroatoms. The van der Waals surface area contributed by atoms with E-state index in [1.54, 1.807) is 12.1 Å². The maximum atomic E-state index is 14.4. The molecule has 3 atom stereocenters. The zero-order valence-electron chi connectivity index (χ0n) is 17.4. The molecule has 1 saturated carbocycles. The normalized spacial score (nSPS) is 23.5. The van der Waals surface area contributed by atoms with Crippen LogP contribution in [-0.2, 0) is 0 Å². The van der Waals surface area contributed by atoms with Crippen LogP contribution in [0.25, 0.3) is 22.0 Å². The average Bonchev–Trinajstić information content (AvgIpc) is 3.24. The predicted molar refractivity (Wildman–Crippen MR) is 113 cm³/mol. The second-order valence-corrected chi connectivity index (χ2v) is 8.57. The number of nitrogens with one attached hydrogen (secondary N) is 1. The fourth-order valence-electron chi connectivity index (χ4n) is 3.52. The van der Waals surface area contributed by atoms with Gasteiger partial charge >= 0.3 is 6.01 Å². The molecule has 3 aromatic rings. The average molecular weight is 447 g/mol. The Kier molecular flexibility index (Phi) is 5.96. The Bertz CT molecular complexity index is 1070. The molecular formula is C20H23FN6O3S. The number of aromatic nitrogens is 5. The van der Waals surface area contributed by atoms with Gasteiger partial charge in [0.05, 0.1) is 12.7 Å². The third-order valence-corrected chi connectivity index (χ3v) is 6.36. The molecule has 0 radical (unpaired) electrons. The number of ether oxygens (including phenoxy) is 2. The SMILES string of the molecule is CN[C@@]1(C)CCC(F)[C@@H](Oc2nnc(-c3ccc(-c4ncnc(OC)n4)cc3O)s2)C1. The first-order valence-corrected chi connectivity index (χ1v) is 10.6. The molecule has 31 heavy (non-hydrogen) atoms. The molecule has 1 aliphatic rings. The number of alkyl halides is 1. The summed E-state index contributed by atoms with van der Waals surface area (Å²) in [6.45, 7) is 2.06. The highest BCUT2D eigenvalue weighted by atomic mass is 32.1. The molecule has 1 fully saturated rings. The molecule has 0 bridgehead atoms. The Hall–Kier alpha value is -2.92. The van der Waals surface area contributed by atoms with E-state index in [0.29, 0.717) is 34.8 Å². The fourth-order valence-corrected chi connectivity index (χ4v) is 4.31. The van der Waals surface area contributed by atoms with Crippen molar-refractivity contribution in [2.24, 2.45) is 0 Å². The minimum absolute atomic E-state index is 0.0108. The first-order chi connectivity index (χ1) is 14.9. The van der Waals surface area contributed by atoms with Gasteiger partial charge < -0.3 is 19.9 Å². The van der Waals surface area contributed by atoms with Gasteiger partial charge in [-0.1, -0.05) is 22.5 Å². The van der Waals surface area contributed by atoms with E-state index >= 15 is 0 Å². The molecule has 2 N–H and O–H groups in total. The van der Waals surface area contributed by atoms with Crippen LogP contribution in [0, 0.1) is 0 Å². The summed E-state index contributed by atoms with van der Waals surface area (Å²) in [6.07, 6.45) is 1.40. The maximum absolute atomic E-state index is 14.4. The van der Waals surface area contributed by atoms with Crippen molar-refractivity contribution in [1.29, 1.82) is 0 Å². The zero-order chi connectivity index (χ0) is 22.0. The molecule has 0 aliphatic heterocycles. The Balaban J connectivity index is 1.52. The molecule has 2 heterocycles. The van der Waals surface area contributed by atoms with Crippen molar-refractivity contribution < 1.29 is 19.0 Å². The Morgan fingerprint density at radius 1 is 1.29 bits per heavy atom. The summed E-state index contributed by atoms with van der Waals surface area (Å²) in [6, 6.07) is 5.16. The molecular weight excluding hydrogens is 423 g/mol. The predicted octanol–water partition coefficient (Wildman–Crippen LogP) is 3.02. The van der Waals surface area contributed by atoms with Gasteiger partial charge in [0.15, 0.2) is 10.8 Å². The minimum atomic E-state index is -1.06. The van der Waals surface area contributed by atoms with Crippen LogP contribution in [0.2, 0.25) is 0 Å². The summed E-state index contributed by atoms with van der Waals surface area (Å²) in [4.78, 5) is 12.1. The number of benzene rings is 1. The van der Waals surface area contributed by atoms with Crippen molar-refractivity contribution >= 4 is 11.3 Å². The number of methoxy groups -OCH3 is 1. The quantitative estimate of drug-likeness (QED) is 0.589. The van der Waals surface area contributed by atoms with Crippen molar-refractivity contribution in [3.63, 3.8) is 0 Å². The number of aromatic hydroxyl groups is 1. The second-order valence-electron chi connectivity index (χ2n) is 7.63. The van der Waals surface area contributed by atoms with Gasteiger partial charge in [0, 0.05) is 17.5 Å². The molecule has 9 nitrogen and oxygen atoms in total. The Labute approximate surface area is 182 Å². The van der Waals surface area contributed by atoms with E-state index in [2.05, 4.69) is 37.4 Å². The molecule has 0 amide bonds. The summed E-state index contributed by atoms with van der Waals surface area (Å²) in [5, 5.41) is 22.7. The highest BCUT2D eigenvalue weighted by molar-refractivity contribution is 7.16. The summed E-state index contributed by atoms with van der Waals surface area (Å²) in [5.41, 5.74) is 0.904. The first kappa shape index (κ1) is 21.3. The molecule has 0 spiro atoms. The standard InChI is InChI=1S/C20H23FN6O3S/c1-20(22-2)7-6-13(21)15(9-20)30-19-27-26-17(31-19)12-5-4-11(8-14(12)28)16-23-10-24-18(25-16)29-3/h4-5,8,10,13,15,22,28H,6-7,9H2,1-3H3/t13?,15-,20-/m0/s1. The van der Waals surface area contributed by atoms with E-state index in [-0.39, 0.29) is 22.5 Å². The van der Waals surface area contributed by atoms with Crippen LogP contribution in [-0.4, -0.2) is 62.2 Å². The zero-order valence-corrected chi connectivity index (χ0v) is 18.2. The first-order valence-electron chi connectivity index (χ1n) is 9.81. The molecule has 4 rings (SSSR count). The monoisotopic (exact) mass is 446 g/mol. The van der Waals surface area contributed by atoms with E-state index in [4.69, 9.17) is 9.47 Å². The van der Waals surface area contributed by atoms with Crippen molar-refractivity contribution in [2.75, 3.05) is 14.2 Å². The summed E-state index contributed by atoms with van der Waals surface area (Å²) >= 11 is 1.16. The molecule has 2 aromatic heterocycles. The number of phenolic OH excluding ortho intramolecular Hbond substituents is 1. The highest BCUT2D eigenvalue weighted by Crippen LogP contribution is 2.38. The highest BCUT2D eigenvalue weighted by Gasteiger charge is 2.39. The van der Waals surface area contributed by atoms with Crippen molar-refractivity contribution in [1.82, 2.24) is 30.5 Å². The molecule has 1 aromatic carbocycles. The number of nitrogens with zero attached hydrogens (tertiary/aromatic N) is 5. The lowest BCUT2D eigenvalue weighted by molar-refractivity contribution is 0.0263. The topological polar surface area (TPSA) is 115 Å². The van der Waals surface area contributed by atoms with Crippen LogP contribution in [0.15, 0.2) is 24.5 Å². The number of phenols is 1. The van der Waals surface area contributed by atoms with Crippen molar-refractivity contribution in [2.45, 2.75) is 44.0 Å². The van der Waals surface area contributed by atoms with Crippen LogP contribution < -0.4 is 14.8 Å². The fraction of sp³-hybridized carbons (Fsp3) is 0.450. The minimum Gasteiger partial charge on any atom is -0.507 e. The van der Waals surface area contributed by atoms with E-state index in [0.717, 1.165) is 17.8 Å². The van der Waals surface area contributed by atoms with E-state index in [9.17, 15) is 9.50 Å². The van der Waals surface area contributed by atoms with Crippen LogP contribution in [0.1, 0.15) is 26.2 Å².